The third-order valence-corrected chi connectivity index (χ3v) is 3.58. The summed E-state index contributed by atoms with van der Waals surface area (Å²) in [4.78, 5) is 0. The zero-order valence-corrected chi connectivity index (χ0v) is 13.4. The van der Waals surface area contributed by atoms with Crippen LogP contribution in [0.15, 0.2) is 30.3 Å². The Labute approximate surface area is 137 Å². The number of ether oxygens (including phenoxy) is 2. The van der Waals surface area contributed by atoms with Crippen LogP contribution in [0.3, 0.4) is 0 Å². The van der Waals surface area contributed by atoms with Gasteiger partial charge in [0.2, 0.25) is 0 Å². The highest BCUT2D eigenvalue weighted by molar-refractivity contribution is 6.31. The fourth-order valence-electron chi connectivity index (χ4n) is 1.84. The molecule has 0 radical (unpaired) electrons. The number of methoxy groups -OCH3 is 1. The van der Waals surface area contributed by atoms with Gasteiger partial charge in [0.15, 0.2) is 11.5 Å². The number of halogens is 4. The molecular weight excluding hydrogens is 338 g/mol. The second-order valence-corrected chi connectivity index (χ2v) is 5.39. The maximum atomic E-state index is 13.7. The summed E-state index contributed by atoms with van der Waals surface area (Å²) in [5, 5.41) is 0.930. The number of benzene rings is 2. The molecule has 0 fully saturated rings. The summed E-state index contributed by atoms with van der Waals surface area (Å²) < 4.78 is 24.6. The molecule has 6 heteroatoms. The molecule has 0 saturated heterocycles. The van der Waals surface area contributed by atoms with Crippen LogP contribution < -0.4 is 9.47 Å². The van der Waals surface area contributed by atoms with Crippen LogP contribution in [-0.4, -0.2) is 7.11 Å². The Hall–Kier alpha value is -1.16. The normalized spacial score (nSPS) is 10.5. The van der Waals surface area contributed by atoms with E-state index in [1.54, 1.807) is 12.1 Å². The highest BCUT2D eigenvalue weighted by Gasteiger charge is 2.13. The lowest BCUT2D eigenvalue weighted by atomic mass is 10.2. The zero-order chi connectivity index (χ0) is 15.4. The molecule has 112 valence electrons. The van der Waals surface area contributed by atoms with Crippen LogP contribution in [0.1, 0.15) is 11.1 Å². The Morgan fingerprint density at radius 3 is 2.43 bits per heavy atom. The highest BCUT2D eigenvalue weighted by atomic mass is 35.5. The van der Waals surface area contributed by atoms with Gasteiger partial charge in [-0.15, -0.1) is 11.6 Å². The molecule has 2 aromatic carbocycles. The first-order valence-electron chi connectivity index (χ1n) is 6.04. The third-order valence-electron chi connectivity index (χ3n) is 2.84. The van der Waals surface area contributed by atoms with Gasteiger partial charge in [0.1, 0.15) is 12.4 Å². The summed E-state index contributed by atoms with van der Waals surface area (Å²) in [6.07, 6.45) is 0. The minimum atomic E-state index is -0.389. The monoisotopic (exact) mass is 348 g/mol. The van der Waals surface area contributed by atoms with Crippen molar-refractivity contribution in [2.45, 2.75) is 12.5 Å². The molecule has 0 heterocycles. The molecule has 2 rings (SSSR count). The minimum absolute atomic E-state index is 0.00821. The predicted octanol–water partition coefficient (Wildman–Crippen LogP) is 5.46. The first kappa shape index (κ1) is 16.2. The van der Waals surface area contributed by atoms with Gasteiger partial charge < -0.3 is 9.47 Å². The molecule has 0 unspecified atom stereocenters. The maximum absolute atomic E-state index is 13.7. The van der Waals surface area contributed by atoms with Gasteiger partial charge in [0.25, 0.3) is 0 Å². The van der Waals surface area contributed by atoms with Crippen molar-refractivity contribution < 1.29 is 13.9 Å². The van der Waals surface area contributed by atoms with Gasteiger partial charge in [-0.2, -0.15) is 0 Å². The van der Waals surface area contributed by atoms with Crippen LogP contribution in [0.25, 0.3) is 0 Å². The molecule has 0 aliphatic carbocycles. The Balaban J connectivity index is 2.29. The Morgan fingerprint density at radius 2 is 1.76 bits per heavy atom. The molecular formula is C15H12Cl3FO2. The number of rotatable bonds is 5. The van der Waals surface area contributed by atoms with Crippen molar-refractivity contribution in [2.24, 2.45) is 0 Å². The van der Waals surface area contributed by atoms with Crippen molar-refractivity contribution in [1.29, 1.82) is 0 Å². The molecule has 0 spiro atoms. The van der Waals surface area contributed by atoms with E-state index >= 15 is 0 Å². The number of hydrogen-bond donors (Lipinski definition) is 0. The molecule has 21 heavy (non-hydrogen) atoms. The molecule has 2 aromatic rings. The predicted molar refractivity (Wildman–Crippen MR) is 83.3 cm³/mol. The SMILES string of the molecule is COc1cc(Cl)cc(CCl)c1OCc1cc(Cl)ccc1F. The molecule has 0 aromatic heterocycles. The number of hydrogen-bond acceptors (Lipinski definition) is 2. The fourth-order valence-corrected chi connectivity index (χ4v) is 2.47. The first-order valence-corrected chi connectivity index (χ1v) is 7.33. The lowest BCUT2D eigenvalue weighted by Gasteiger charge is -2.15. The van der Waals surface area contributed by atoms with Crippen LogP contribution >= 0.6 is 34.8 Å². The van der Waals surface area contributed by atoms with Gasteiger partial charge in [0.05, 0.1) is 13.0 Å². The lowest BCUT2D eigenvalue weighted by molar-refractivity contribution is 0.277. The summed E-state index contributed by atoms with van der Waals surface area (Å²) in [6.45, 7) is 0.00821. The second-order valence-electron chi connectivity index (χ2n) is 4.25. The fraction of sp³-hybridized carbons (Fsp3) is 0.200. The van der Waals surface area contributed by atoms with Crippen molar-refractivity contribution in [3.63, 3.8) is 0 Å². The molecule has 0 aliphatic rings. The van der Waals surface area contributed by atoms with E-state index in [0.29, 0.717) is 32.7 Å². The van der Waals surface area contributed by atoms with E-state index in [1.165, 1.54) is 25.3 Å². The molecule has 0 saturated carbocycles. The zero-order valence-electron chi connectivity index (χ0n) is 11.1. The van der Waals surface area contributed by atoms with Crippen LogP contribution in [0, 0.1) is 5.82 Å². The van der Waals surface area contributed by atoms with Crippen LogP contribution in [0.2, 0.25) is 10.0 Å². The van der Waals surface area contributed by atoms with Crippen molar-refractivity contribution in [1.82, 2.24) is 0 Å². The number of alkyl halides is 1. The molecule has 0 bridgehead atoms. The van der Waals surface area contributed by atoms with Crippen molar-refractivity contribution in [2.75, 3.05) is 7.11 Å². The van der Waals surface area contributed by atoms with E-state index in [4.69, 9.17) is 44.3 Å². The molecule has 0 aliphatic heterocycles. The Morgan fingerprint density at radius 1 is 1.05 bits per heavy atom. The second kappa shape index (κ2) is 7.21. The summed E-state index contributed by atoms with van der Waals surface area (Å²) >= 11 is 17.7. The standard InChI is InChI=1S/C15H12Cl3FO2/c1-20-14-6-12(18)4-9(7-16)15(14)21-8-10-5-11(17)2-3-13(10)19/h2-6H,7-8H2,1H3. The quantitative estimate of drug-likeness (QED) is 0.667. The molecule has 0 N–H and O–H groups in total. The largest absolute Gasteiger partial charge is 0.493 e. The highest BCUT2D eigenvalue weighted by Crippen LogP contribution is 2.36. The minimum Gasteiger partial charge on any atom is -0.493 e. The van der Waals surface area contributed by atoms with Gasteiger partial charge in [-0.25, -0.2) is 4.39 Å². The Kier molecular flexibility index (Phi) is 5.57. The van der Waals surface area contributed by atoms with Crippen molar-refractivity contribution >= 4 is 34.8 Å². The summed E-state index contributed by atoms with van der Waals surface area (Å²) in [5.74, 6) is 0.696. The maximum Gasteiger partial charge on any atom is 0.166 e. The summed E-state index contributed by atoms with van der Waals surface area (Å²) in [6, 6.07) is 7.58. The molecule has 0 amide bonds. The molecule has 0 atom stereocenters. The molecule has 2 nitrogen and oxygen atoms in total. The van der Waals surface area contributed by atoms with Crippen LogP contribution in [0.4, 0.5) is 4.39 Å². The van der Waals surface area contributed by atoms with Gasteiger partial charge in [0, 0.05) is 27.2 Å². The van der Waals surface area contributed by atoms with Gasteiger partial charge in [-0.3, -0.25) is 0 Å². The van der Waals surface area contributed by atoms with Crippen LogP contribution in [-0.2, 0) is 12.5 Å². The van der Waals surface area contributed by atoms with Crippen molar-refractivity contribution in [3.8, 4) is 11.5 Å². The third kappa shape index (κ3) is 3.94. The summed E-state index contributed by atoms with van der Waals surface area (Å²) in [5.41, 5.74) is 1.02. The van der Waals surface area contributed by atoms with Crippen molar-refractivity contribution in [3.05, 3.63) is 57.3 Å². The van der Waals surface area contributed by atoms with Gasteiger partial charge in [-0.05, 0) is 24.3 Å². The lowest BCUT2D eigenvalue weighted by Crippen LogP contribution is -2.02. The average molecular weight is 350 g/mol. The van der Waals surface area contributed by atoms with Crippen LogP contribution in [0.5, 0.6) is 11.5 Å². The average Bonchev–Trinajstić information content (AvgIpc) is 2.48. The van der Waals surface area contributed by atoms with Gasteiger partial charge >= 0.3 is 0 Å². The first-order chi connectivity index (χ1) is 10.0. The van der Waals surface area contributed by atoms with E-state index in [2.05, 4.69) is 0 Å². The topological polar surface area (TPSA) is 18.5 Å². The van der Waals surface area contributed by atoms with E-state index in [0.717, 1.165) is 0 Å². The van der Waals surface area contributed by atoms with E-state index in [9.17, 15) is 4.39 Å². The van der Waals surface area contributed by atoms with E-state index in [1.807, 2.05) is 0 Å². The Bertz CT molecular complexity index is 622. The van der Waals surface area contributed by atoms with Gasteiger partial charge in [-0.1, -0.05) is 23.2 Å². The van der Waals surface area contributed by atoms with E-state index in [-0.39, 0.29) is 18.3 Å². The van der Waals surface area contributed by atoms with E-state index < -0.39 is 0 Å². The smallest absolute Gasteiger partial charge is 0.166 e. The summed E-state index contributed by atoms with van der Waals surface area (Å²) in [7, 11) is 1.50.